The maximum absolute atomic E-state index is 15.1. The number of esters is 1. The Balaban J connectivity index is 1.61. The summed E-state index contributed by atoms with van der Waals surface area (Å²) in [6.45, 7) is 20.2. The van der Waals surface area contributed by atoms with Gasteiger partial charge < -0.3 is 24.2 Å². The third-order valence-electron chi connectivity index (χ3n) is 11.5. The molecule has 348 valence electrons. The molecule has 3 aromatic rings. The van der Waals surface area contributed by atoms with E-state index in [0.29, 0.717) is 23.9 Å². The number of quaternary nitrogens is 1. The van der Waals surface area contributed by atoms with Crippen LogP contribution in [-0.4, -0.2) is 81.8 Å². The van der Waals surface area contributed by atoms with Crippen LogP contribution in [0.3, 0.4) is 0 Å². The molecule has 1 saturated heterocycles. The van der Waals surface area contributed by atoms with Crippen molar-refractivity contribution >= 4 is 40.9 Å². The van der Waals surface area contributed by atoms with Gasteiger partial charge in [-0.25, -0.2) is 22.9 Å². The number of thiazole rings is 1. The summed E-state index contributed by atoms with van der Waals surface area (Å²) in [6.07, 6.45) is 7.28. The zero-order chi connectivity index (χ0) is 46.8. The van der Waals surface area contributed by atoms with E-state index in [0.717, 1.165) is 42.7 Å². The summed E-state index contributed by atoms with van der Waals surface area (Å²) in [5, 5.41) is 4.76. The standard InChI is InChI=1S/C47H63F5N4O5S2/c1-11-14-16-23-55(33(28(4)5)25-35(60-13-3)44-53-32(27-62-44)46(59)61-42-39(51)37(49)36(48)38(50)40(42)52)45(58)41(29(6)12-2)54-43(57)34-18-15-17-24-56(34,10)26-30-19-21-31(22-20-30)63-47(7,8)9/h14,16,19-22,27-29,33-35,41H,11-13,15,17-18,23-26H2,1-10H3/p+1/b16-14+/t29?,33-,34-,35-,41+,56?/m1/s1. The van der Waals surface area contributed by atoms with Crippen LogP contribution in [0.15, 0.2) is 46.7 Å². The van der Waals surface area contributed by atoms with Crippen molar-refractivity contribution in [1.29, 1.82) is 0 Å². The van der Waals surface area contributed by atoms with Crippen LogP contribution in [0.4, 0.5) is 22.0 Å². The molecule has 2 heterocycles. The summed E-state index contributed by atoms with van der Waals surface area (Å²) in [6, 6.07) is 6.91. The maximum Gasteiger partial charge on any atom is 0.363 e. The van der Waals surface area contributed by atoms with Crippen LogP contribution >= 0.6 is 23.1 Å². The van der Waals surface area contributed by atoms with Gasteiger partial charge in [-0.15, -0.1) is 23.1 Å². The molecule has 0 saturated carbocycles. The molecular formula is C47H64F5N4O5S2+. The first-order valence-corrected chi connectivity index (χ1v) is 23.5. The van der Waals surface area contributed by atoms with Gasteiger partial charge in [-0.3, -0.25) is 9.59 Å². The summed E-state index contributed by atoms with van der Waals surface area (Å²) >= 11 is 2.79. The fraction of sp³-hybridized carbons (Fsp3) is 0.574. The normalized spacial score (nSPS) is 18.9. The Morgan fingerprint density at radius 2 is 1.60 bits per heavy atom. The Bertz CT molecular complexity index is 2030. The van der Waals surface area contributed by atoms with Crippen LogP contribution < -0.4 is 10.1 Å². The first kappa shape index (κ1) is 51.8. The van der Waals surface area contributed by atoms with Gasteiger partial charge in [-0.1, -0.05) is 86.1 Å². The molecule has 1 aliphatic rings. The molecule has 2 unspecified atom stereocenters. The Kier molecular flexibility index (Phi) is 18.8. The third kappa shape index (κ3) is 13.4. The summed E-state index contributed by atoms with van der Waals surface area (Å²) in [5.41, 5.74) is 0.709. The molecule has 6 atom stereocenters. The molecule has 1 aliphatic heterocycles. The first-order chi connectivity index (χ1) is 29.7. The van der Waals surface area contributed by atoms with E-state index in [9.17, 15) is 31.5 Å². The lowest BCUT2D eigenvalue weighted by Crippen LogP contribution is -2.63. The fourth-order valence-electron chi connectivity index (χ4n) is 7.94. The molecule has 0 radical (unpaired) electrons. The van der Waals surface area contributed by atoms with Gasteiger partial charge in [0.05, 0.1) is 13.6 Å². The van der Waals surface area contributed by atoms with Gasteiger partial charge in [0.1, 0.15) is 23.7 Å². The van der Waals surface area contributed by atoms with Gasteiger partial charge in [0.2, 0.25) is 40.7 Å². The highest BCUT2D eigenvalue weighted by molar-refractivity contribution is 8.00. The number of benzene rings is 2. The molecule has 0 aliphatic carbocycles. The topological polar surface area (TPSA) is 97.8 Å². The number of ether oxygens (including phenoxy) is 2. The van der Waals surface area contributed by atoms with Gasteiger partial charge in [0.15, 0.2) is 11.7 Å². The number of carbonyl (C=O) groups is 3. The number of carbonyl (C=O) groups excluding carboxylic acids is 3. The second kappa shape index (κ2) is 22.9. The highest BCUT2D eigenvalue weighted by atomic mass is 32.2. The van der Waals surface area contributed by atoms with Gasteiger partial charge in [0.25, 0.3) is 5.91 Å². The van der Waals surface area contributed by atoms with Crippen LogP contribution in [0.2, 0.25) is 0 Å². The number of amides is 2. The third-order valence-corrected chi connectivity index (χ3v) is 13.5. The van der Waals surface area contributed by atoms with E-state index >= 15 is 4.79 Å². The van der Waals surface area contributed by atoms with Crippen molar-refractivity contribution in [2.24, 2.45) is 11.8 Å². The molecule has 1 aromatic heterocycles. The van der Waals surface area contributed by atoms with Gasteiger partial charge in [-0.05, 0) is 50.2 Å². The number of rotatable bonds is 20. The Hall–Kier alpha value is -3.86. The molecule has 4 rings (SSSR count). The molecule has 1 fully saturated rings. The predicted octanol–water partition coefficient (Wildman–Crippen LogP) is 11.0. The summed E-state index contributed by atoms with van der Waals surface area (Å²) in [4.78, 5) is 49.9. The molecule has 63 heavy (non-hydrogen) atoms. The van der Waals surface area contributed by atoms with E-state index in [-0.39, 0.29) is 59.0 Å². The molecule has 9 nitrogen and oxygen atoms in total. The number of likely N-dealkylation sites (tertiary alicyclic amines) is 1. The van der Waals surface area contributed by atoms with Crippen molar-refractivity contribution in [1.82, 2.24) is 15.2 Å². The number of allylic oxidation sites excluding steroid dienone is 1. The minimum absolute atomic E-state index is 0.0841. The van der Waals surface area contributed by atoms with Crippen LogP contribution in [0.5, 0.6) is 5.75 Å². The van der Waals surface area contributed by atoms with Crippen LogP contribution in [0, 0.1) is 40.9 Å². The number of aromatic nitrogens is 1. The summed E-state index contributed by atoms with van der Waals surface area (Å²) in [5.74, 6) is -15.4. The highest BCUT2D eigenvalue weighted by Crippen LogP contribution is 2.35. The van der Waals surface area contributed by atoms with Gasteiger partial charge >= 0.3 is 5.97 Å². The Morgan fingerprint density at radius 1 is 0.968 bits per heavy atom. The minimum Gasteiger partial charge on any atom is -0.415 e. The maximum atomic E-state index is 15.1. The van der Waals surface area contributed by atoms with E-state index in [1.165, 1.54) is 10.3 Å². The number of piperidine rings is 1. The quantitative estimate of drug-likeness (QED) is 0.0176. The lowest BCUT2D eigenvalue weighted by atomic mass is 9.91. The molecule has 0 bridgehead atoms. The first-order valence-electron chi connectivity index (χ1n) is 21.8. The predicted molar refractivity (Wildman–Crippen MR) is 238 cm³/mol. The van der Waals surface area contributed by atoms with Crippen molar-refractivity contribution in [2.75, 3.05) is 26.7 Å². The smallest absolute Gasteiger partial charge is 0.363 e. The van der Waals surface area contributed by atoms with Crippen LogP contribution in [0.1, 0.15) is 128 Å². The second-order valence-corrected chi connectivity index (χ2v) is 20.6. The zero-order valence-electron chi connectivity index (χ0n) is 38.2. The molecule has 1 N–H and O–H groups in total. The second-order valence-electron chi connectivity index (χ2n) is 17.8. The molecule has 2 aromatic carbocycles. The number of hydrogen-bond donors (Lipinski definition) is 1. The van der Waals surface area contributed by atoms with Crippen molar-refractivity contribution in [3.05, 3.63) is 87.1 Å². The number of nitrogens with zero attached hydrogens (tertiary/aromatic N) is 3. The lowest BCUT2D eigenvalue weighted by molar-refractivity contribution is -0.942. The summed E-state index contributed by atoms with van der Waals surface area (Å²) < 4.78 is 81.3. The lowest BCUT2D eigenvalue weighted by Gasteiger charge is -2.45. The average Bonchev–Trinajstić information content (AvgIpc) is 3.73. The van der Waals surface area contributed by atoms with E-state index in [1.54, 1.807) is 11.8 Å². The van der Waals surface area contributed by atoms with Crippen LogP contribution in [0.25, 0.3) is 0 Å². The van der Waals surface area contributed by atoms with Crippen molar-refractivity contribution in [3.8, 4) is 5.75 Å². The van der Waals surface area contributed by atoms with E-state index in [2.05, 4.69) is 67.1 Å². The molecular weight excluding hydrogens is 860 g/mol. The van der Waals surface area contributed by atoms with Crippen molar-refractivity contribution in [3.63, 3.8) is 0 Å². The van der Waals surface area contributed by atoms with E-state index in [4.69, 9.17) is 4.74 Å². The fourth-order valence-corrected chi connectivity index (χ4v) is 9.77. The highest BCUT2D eigenvalue weighted by Gasteiger charge is 2.44. The average molecular weight is 924 g/mol. The number of nitrogens with one attached hydrogen (secondary N) is 1. The van der Waals surface area contributed by atoms with Crippen molar-refractivity contribution in [2.45, 2.75) is 141 Å². The SMILES string of the molecule is CC/C=C/CN(C(=O)[C@@H](NC(=O)[C@H]1CCCC[N+]1(C)Cc1ccc(SC(C)(C)C)cc1)C(C)CC)[C@H](C[C@@H](OCC)c1nc(C(=O)Oc2c(F)c(F)c(F)c(F)c2F)cs1)C(C)C. The largest absolute Gasteiger partial charge is 0.415 e. The number of likely N-dealkylation sites (N-methyl/N-ethyl adjacent to an activating group) is 1. The summed E-state index contributed by atoms with van der Waals surface area (Å²) in [7, 11) is 2.13. The van der Waals surface area contributed by atoms with Gasteiger partial charge in [0, 0.05) is 52.6 Å². The molecule has 16 heteroatoms. The Labute approximate surface area is 377 Å². The zero-order valence-corrected chi connectivity index (χ0v) is 39.8. The molecule has 0 spiro atoms. The number of halogens is 5. The monoisotopic (exact) mass is 923 g/mol. The molecule has 2 amide bonds. The van der Waals surface area contributed by atoms with E-state index < -0.39 is 64.7 Å². The number of thioether (sulfide) groups is 1. The Morgan fingerprint density at radius 3 is 2.17 bits per heavy atom. The van der Waals surface area contributed by atoms with Crippen molar-refractivity contribution < 1.29 is 50.3 Å². The number of hydrogen-bond acceptors (Lipinski definition) is 8. The minimum atomic E-state index is -2.38. The van der Waals surface area contributed by atoms with Gasteiger partial charge in [-0.2, -0.15) is 8.78 Å². The van der Waals surface area contributed by atoms with E-state index in [1.807, 2.05) is 58.5 Å². The van der Waals surface area contributed by atoms with Crippen LogP contribution in [-0.2, 0) is 20.9 Å².